The third-order valence-electron chi connectivity index (χ3n) is 12.3. The fourth-order valence-electron chi connectivity index (χ4n) is 8.53. The van der Waals surface area contributed by atoms with Crippen molar-refractivity contribution in [1.29, 1.82) is 0 Å². The summed E-state index contributed by atoms with van der Waals surface area (Å²) in [6.07, 6.45) is -3.18. The average molecular weight is 925 g/mol. The molecule has 2 N–H and O–H groups in total. The predicted molar refractivity (Wildman–Crippen MR) is 237 cm³/mol. The topological polar surface area (TPSA) is 100 Å². The van der Waals surface area contributed by atoms with Gasteiger partial charge in [0, 0.05) is 51.4 Å². The maximum atomic E-state index is 13.8. The van der Waals surface area contributed by atoms with Gasteiger partial charge in [0.2, 0.25) is 0 Å². The maximum absolute atomic E-state index is 13.8. The highest BCUT2D eigenvalue weighted by atomic mass is 19.4. The van der Waals surface area contributed by atoms with Crippen molar-refractivity contribution in [2.24, 2.45) is 0 Å². The molecule has 2 saturated heterocycles. The number of hydrogen-bond donors (Lipinski definition) is 2. The maximum Gasteiger partial charge on any atom is 0.419 e. The van der Waals surface area contributed by atoms with Crippen LogP contribution in [0.1, 0.15) is 59.1 Å². The van der Waals surface area contributed by atoms with E-state index < -0.39 is 35.1 Å². The number of rotatable bonds is 12. The summed E-state index contributed by atoms with van der Waals surface area (Å²) in [5.74, 6) is -2.49. The van der Waals surface area contributed by atoms with E-state index in [9.17, 15) is 44.7 Å². The molecule has 4 heterocycles. The van der Waals surface area contributed by atoms with Gasteiger partial charge in [-0.25, -0.2) is 18.7 Å². The normalized spacial score (nSPS) is 15.9. The van der Waals surface area contributed by atoms with Crippen molar-refractivity contribution in [3.63, 3.8) is 0 Å². The van der Waals surface area contributed by atoms with Gasteiger partial charge in [-0.3, -0.25) is 9.59 Å². The van der Waals surface area contributed by atoms with Crippen molar-refractivity contribution in [2.75, 3.05) is 39.3 Å². The number of hydrogen-bond acceptors (Lipinski definition) is 8. The van der Waals surface area contributed by atoms with Crippen LogP contribution in [0, 0.1) is 25.5 Å². The van der Waals surface area contributed by atoms with Crippen molar-refractivity contribution >= 4 is 22.1 Å². The first kappa shape index (κ1) is 48.4. The van der Waals surface area contributed by atoms with Crippen LogP contribution in [-0.4, -0.2) is 80.3 Å². The molecule has 2 aliphatic heterocycles. The minimum atomic E-state index is -4.69. The zero-order valence-electron chi connectivity index (χ0n) is 36.7. The van der Waals surface area contributed by atoms with E-state index in [1.807, 2.05) is 50.2 Å². The number of fused-ring (bicyclic) bond motifs is 2. The monoisotopic (exact) mass is 924 g/mol. The summed E-state index contributed by atoms with van der Waals surface area (Å²) in [4.78, 5) is 37.8. The molecule has 0 spiro atoms. The molecule has 4 aromatic carbocycles. The minimum absolute atomic E-state index is 0.117. The molecule has 66 heavy (non-hydrogen) atoms. The van der Waals surface area contributed by atoms with Gasteiger partial charge >= 0.3 is 12.4 Å². The Labute approximate surface area is 376 Å². The Bertz CT molecular complexity index is 2550. The second-order valence-electron chi connectivity index (χ2n) is 17.1. The van der Waals surface area contributed by atoms with E-state index >= 15 is 0 Å². The number of aromatic nitrogens is 4. The molecule has 0 saturated carbocycles. The molecule has 18 heteroatoms. The van der Waals surface area contributed by atoms with E-state index in [2.05, 4.69) is 30.4 Å². The summed E-state index contributed by atoms with van der Waals surface area (Å²) in [6, 6.07) is 18.3. The zero-order valence-corrected chi connectivity index (χ0v) is 36.7. The number of nitrogens with one attached hydrogen (secondary N) is 2. The first-order valence-electron chi connectivity index (χ1n) is 22.0. The molecule has 352 valence electrons. The van der Waals surface area contributed by atoms with Crippen LogP contribution in [0.5, 0.6) is 0 Å². The van der Waals surface area contributed by atoms with Gasteiger partial charge in [-0.05, 0) is 136 Å². The van der Waals surface area contributed by atoms with Crippen molar-refractivity contribution in [3.05, 3.63) is 151 Å². The fraction of sp³-hybridized carbons (Fsp3) is 0.417. The van der Waals surface area contributed by atoms with E-state index in [4.69, 9.17) is 0 Å². The van der Waals surface area contributed by atoms with Crippen molar-refractivity contribution < 1.29 is 35.1 Å². The van der Waals surface area contributed by atoms with Gasteiger partial charge in [0.25, 0.3) is 11.1 Å². The number of benzene rings is 4. The van der Waals surface area contributed by atoms with Gasteiger partial charge in [0.05, 0.1) is 45.6 Å². The molecular formula is C48H52F8N8O2. The van der Waals surface area contributed by atoms with Gasteiger partial charge in [0.15, 0.2) is 0 Å². The standard InChI is InChI=1S/2C24H26F4N4O/c2*1-16-2-5-21-22(12-16)32(23(33)15-30-21)11-10-31-8-6-18(7-9-31)29-14-17-3-4-19(20(25)13-17)24(26,27)28/h2*2-5,12-13,15,18,29H,6-11,14H2,1H3. The number of halogens is 8. The Hall–Kier alpha value is -5.56. The van der Waals surface area contributed by atoms with E-state index in [-0.39, 0.29) is 23.2 Å². The molecule has 8 rings (SSSR count). The summed E-state index contributed by atoms with van der Waals surface area (Å²) in [6.45, 7) is 10.6. The van der Waals surface area contributed by atoms with E-state index in [0.717, 1.165) is 122 Å². The van der Waals surface area contributed by atoms with Gasteiger partial charge in [-0.2, -0.15) is 26.3 Å². The quantitative estimate of drug-likeness (QED) is 0.119. The number of nitrogens with zero attached hydrogens (tertiary/aromatic N) is 6. The van der Waals surface area contributed by atoms with Crippen LogP contribution in [0.15, 0.2) is 94.8 Å². The summed E-state index contributed by atoms with van der Waals surface area (Å²) < 4.78 is 107. The highest BCUT2D eigenvalue weighted by molar-refractivity contribution is 5.76. The Balaban J connectivity index is 0.000000196. The van der Waals surface area contributed by atoms with Crippen LogP contribution in [0.25, 0.3) is 22.1 Å². The Kier molecular flexibility index (Phi) is 15.4. The Morgan fingerprint density at radius 1 is 0.545 bits per heavy atom. The Morgan fingerprint density at radius 2 is 0.924 bits per heavy atom. The van der Waals surface area contributed by atoms with Crippen LogP contribution < -0.4 is 21.8 Å². The number of likely N-dealkylation sites (tertiary alicyclic amines) is 2. The lowest BCUT2D eigenvalue weighted by Gasteiger charge is -2.32. The van der Waals surface area contributed by atoms with Crippen LogP contribution in [0.2, 0.25) is 0 Å². The molecule has 0 unspecified atom stereocenters. The summed E-state index contributed by atoms with van der Waals surface area (Å²) in [5, 5.41) is 6.64. The molecule has 0 radical (unpaired) electrons. The molecule has 10 nitrogen and oxygen atoms in total. The molecule has 6 aromatic rings. The molecule has 2 aliphatic rings. The number of piperidine rings is 2. The zero-order chi connectivity index (χ0) is 47.2. The molecule has 0 atom stereocenters. The molecule has 0 amide bonds. The fourth-order valence-corrected chi connectivity index (χ4v) is 8.53. The predicted octanol–water partition coefficient (Wildman–Crippen LogP) is 8.23. The van der Waals surface area contributed by atoms with Gasteiger partial charge in [-0.15, -0.1) is 0 Å². The third-order valence-corrected chi connectivity index (χ3v) is 12.3. The SMILES string of the molecule is Cc1ccc2ncc(=O)n(CCN3CCC(NCc4ccc(C(F)(F)F)c(F)c4)CC3)c2c1.Cc1ccc2ncc(=O)n(CCN3CCC(NCc4ccc(C(F)(F)F)c(F)c4)CC3)c2c1. The first-order valence-corrected chi connectivity index (χ1v) is 22.0. The van der Waals surface area contributed by atoms with Gasteiger partial charge in [0.1, 0.15) is 11.6 Å². The summed E-state index contributed by atoms with van der Waals surface area (Å²) in [7, 11) is 0. The third kappa shape index (κ3) is 12.5. The summed E-state index contributed by atoms with van der Waals surface area (Å²) >= 11 is 0. The lowest BCUT2D eigenvalue weighted by atomic mass is 10.0. The van der Waals surface area contributed by atoms with E-state index in [0.29, 0.717) is 37.3 Å². The van der Waals surface area contributed by atoms with Gasteiger partial charge < -0.3 is 29.6 Å². The first-order chi connectivity index (χ1) is 31.4. The Morgan fingerprint density at radius 3 is 1.27 bits per heavy atom. The van der Waals surface area contributed by atoms with Crippen LogP contribution in [-0.2, 0) is 38.5 Å². The highest BCUT2D eigenvalue weighted by Crippen LogP contribution is 2.33. The van der Waals surface area contributed by atoms with Crippen LogP contribution in [0.4, 0.5) is 35.1 Å². The van der Waals surface area contributed by atoms with Gasteiger partial charge in [-0.1, -0.05) is 24.3 Å². The van der Waals surface area contributed by atoms with Crippen LogP contribution in [0.3, 0.4) is 0 Å². The van der Waals surface area contributed by atoms with Crippen LogP contribution >= 0.6 is 0 Å². The van der Waals surface area contributed by atoms with E-state index in [1.54, 1.807) is 9.13 Å². The molecule has 0 bridgehead atoms. The lowest BCUT2D eigenvalue weighted by Crippen LogP contribution is -2.43. The minimum Gasteiger partial charge on any atom is -0.310 e. The second-order valence-corrected chi connectivity index (χ2v) is 17.1. The largest absolute Gasteiger partial charge is 0.419 e. The number of alkyl halides is 6. The number of aryl methyl sites for hydroxylation is 2. The molecular weight excluding hydrogens is 873 g/mol. The van der Waals surface area contributed by atoms with Crippen molar-refractivity contribution in [1.82, 2.24) is 39.5 Å². The summed E-state index contributed by atoms with van der Waals surface area (Å²) in [5.41, 5.74) is 3.67. The van der Waals surface area contributed by atoms with E-state index in [1.165, 1.54) is 24.5 Å². The van der Waals surface area contributed by atoms with Crippen molar-refractivity contribution in [2.45, 2.75) is 90.1 Å². The van der Waals surface area contributed by atoms with Crippen molar-refractivity contribution in [3.8, 4) is 0 Å². The smallest absolute Gasteiger partial charge is 0.310 e. The lowest BCUT2D eigenvalue weighted by molar-refractivity contribution is -0.140. The molecule has 2 aromatic heterocycles. The second kappa shape index (κ2) is 20.9. The molecule has 0 aliphatic carbocycles. The average Bonchev–Trinajstić information content (AvgIpc) is 3.27. The molecule has 2 fully saturated rings. The highest BCUT2D eigenvalue weighted by Gasteiger charge is 2.35.